The molecule has 0 radical (unpaired) electrons. The fourth-order valence-electron chi connectivity index (χ4n) is 3.30. The molecule has 1 saturated heterocycles. The maximum atomic E-state index is 12.4. The number of para-hydroxylation sites is 2. The summed E-state index contributed by atoms with van der Waals surface area (Å²) in [5.41, 5.74) is 4.78. The maximum Gasteiger partial charge on any atom is 0.293 e. The van der Waals surface area contributed by atoms with Crippen LogP contribution >= 0.6 is 0 Å². The van der Waals surface area contributed by atoms with Crippen LogP contribution in [0.1, 0.15) is 10.4 Å². The number of nitrogens with one attached hydrogen (secondary N) is 2. The van der Waals surface area contributed by atoms with E-state index < -0.39 is 22.8 Å². The SMILES string of the molecule is O=C(NNC(=O)[C@@H]1COc2ccccc2O1)c1ccc(N2CCOCC2)c([N+](=O)[O-])c1. The first-order valence-electron chi connectivity index (χ1n) is 9.63. The lowest BCUT2D eigenvalue weighted by atomic mass is 10.1. The average molecular weight is 428 g/mol. The predicted octanol–water partition coefficient (Wildman–Crippen LogP) is 1.03. The van der Waals surface area contributed by atoms with E-state index in [-0.39, 0.29) is 17.9 Å². The van der Waals surface area contributed by atoms with Crippen LogP contribution in [0.3, 0.4) is 0 Å². The number of carbonyl (C=O) groups excluding carboxylic acids is 2. The first kappa shape index (κ1) is 20.4. The van der Waals surface area contributed by atoms with Crippen molar-refractivity contribution in [2.24, 2.45) is 0 Å². The van der Waals surface area contributed by atoms with E-state index in [1.54, 1.807) is 24.3 Å². The van der Waals surface area contributed by atoms with Gasteiger partial charge in [-0.1, -0.05) is 12.1 Å². The van der Waals surface area contributed by atoms with Crippen molar-refractivity contribution in [3.63, 3.8) is 0 Å². The van der Waals surface area contributed by atoms with E-state index >= 15 is 0 Å². The van der Waals surface area contributed by atoms with Gasteiger partial charge in [0.1, 0.15) is 12.3 Å². The highest BCUT2D eigenvalue weighted by Gasteiger charge is 2.28. The molecule has 2 amide bonds. The summed E-state index contributed by atoms with van der Waals surface area (Å²) in [6, 6.07) is 11.1. The third-order valence-electron chi connectivity index (χ3n) is 4.89. The Morgan fingerprint density at radius 2 is 1.81 bits per heavy atom. The van der Waals surface area contributed by atoms with Gasteiger partial charge < -0.3 is 19.1 Å². The zero-order valence-electron chi connectivity index (χ0n) is 16.4. The van der Waals surface area contributed by atoms with Crippen LogP contribution in [-0.4, -0.2) is 55.8 Å². The third kappa shape index (κ3) is 4.51. The van der Waals surface area contributed by atoms with Gasteiger partial charge in [0.15, 0.2) is 11.5 Å². The van der Waals surface area contributed by atoms with Gasteiger partial charge in [-0.2, -0.15) is 0 Å². The molecule has 11 heteroatoms. The standard InChI is InChI=1S/C20H20N4O7/c25-19(21-22-20(26)18-12-30-16-3-1-2-4-17(16)31-18)13-5-6-14(15(11-13)24(27)28)23-7-9-29-10-8-23/h1-6,11,18H,7-10,12H2,(H,21,25)(H,22,26)/t18-/m0/s1. The summed E-state index contributed by atoms with van der Waals surface area (Å²) in [5.74, 6) is -0.345. The molecule has 0 bridgehead atoms. The number of ether oxygens (including phenoxy) is 3. The van der Waals surface area contributed by atoms with Gasteiger partial charge >= 0.3 is 0 Å². The van der Waals surface area contributed by atoms with Crippen LogP contribution < -0.4 is 25.2 Å². The number of nitro groups is 1. The van der Waals surface area contributed by atoms with Gasteiger partial charge in [-0.15, -0.1) is 0 Å². The minimum Gasteiger partial charge on any atom is -0.485 e. The number of hydrazine groups is 1. The molecule has 162 valence electrons. The van der Waals surface area contributed by atoms with E-state index in [1.807, 2.05) is 4.90 Å². The van der Waals surface area contributed by atoms with Crippen molar-refractivity contribution in [1.29, 1.82) is 0 Å². The number of hydrogen-bond acceptors (Lipinski definition) is 8. The quantitative estimate of drug-likeness (QED) is 0.545. The molecular formula is C20H20N4O7. The Kier molecular flexibility index (Phi) is 5.85. The number of amides is 2. The minimum absolute atomic E-state index is 0.0154. The molecule has 0 aliphatic carbocycles. The lowest BCUT2D eigenvalue weighted by Gasteiger charge is -2.28. The van der Waals surface area contributed by atoms with Gasteiger partial charge in [0.2, 0.25) is 6.10 Å². The second-order valence-corrected chi connectivity index (χ2v) is 6.87. The summed E-state index contributed by atoms with van der Waals surface area (Å²) >= 11 is 0. The number of carbonyl (C=O) groups is 2. The van der Waals surface area contributed by atoms with Gasteiger partial charge in [0.05, 0.1) is 18.1 Å². The molecule has 2 aliphatic heterocycles. The number of anilines is 1. The smallest absolute Gasteiger partial charge is 0.293 e. The Hall–Kier alpha value is -3.86. The van der Waals surface area contributed by atoms with Crippen molar-refractivity contribution in [3.8, 4) is 11.5 Å². The number of nitro benzene ring substituents is 1. The van der Waals surface area contributed by atoms with E-state index in [9.17, 15) is 19.7 Å². The van der Waals surface area contributed by atoms with Gasteiger partial charge in [0, 0.05) is 24.7 Å². The van der Waals surface area contributed by atoms with Crippen molar-refractivity contribution in [2.45, 2.75) is 6.10 Å². The highest BCUT2D eigenvalue weighted by atomic mass is 16.6. The van der Waals surface area contributed by atoms with E-state index in [0.29, 0.717) is 43.5 Å². The number of hydrogen-bond donors (Lipinski definition) is 2. The largest absolute Gasteiger partial charge is 0.485 e. The fraction of sp³-hybridized carbons (Fsp3) is 0.300. The zero-order chi connectivity index (χ0) is 21.8. The Morgan fingerprint density at radius 3 is 2.55 bits per heavy atom. The molecule has 1 atom stereocenters. The van der Waals surface area contributed by atoms with Gasteiger partial charge in [0.25, 0.3) is 17.5 Å². The summed E-state index contributed by atoms with van der Waals surface area (Å²) in [4.78, 5) is 37.6. The molecule has 0 aromatic heterocycles. The molecule has 4 rings (SSSR count). The lowest BCUT2D eigenvalue weighted by molar-refractivity contribution is -0.384. The van der Waals surface area contributed by atoms with Gasteiger partial charge in [-0.05, 0) is 24.3 Å². The number of benzene rings is 2. The number of morpholine rings is 1. The first-order valence-corrected chi connectivity index (χ1v) is 9.63. The summed E-state index contributed by atoms with van der Waals surface area (Å²) in [7, 11) is 0. The highest BCUT2D eigenvalue weighted by molar-refractivity contribution is 5.97. The molecule has 0 spiro atoms. The third-order valence-corrected chi connectivity index (χ3v) is 4.89. The van der Waals surface area contributed by atoms with Crippen molar-refractivity contribution >= 4 is 23.2 Å². The Balaban J connectivity index is 1.40. The number of fused-ring (bicyclic) bond motifs is 1. The van der Waals surface area contributed by atoms with Crippen LogP contribution in [0.15, 0.2) is 42.5 Å². The first-order chi connectivity index (χ1) is 15.0. The van der Waals surface area contributed by atoms with E-state index in [0.717, 1.165) is 0 Å². The van der Waals surface area contributed by atoms with Crippen LogP contribution in [0.4, 0.5) is 11.4 Å². The molecule has 31 heavy (non-hydrogen) atoms. The van der Waals surface area contributed by atoms with Crippen molar-refractivity contribution in [2.75, 3.05) is 37.8 Å². The Labute approximate surface area is 177 Å². The molecule has 0 unspecified atom stereocenters. The van der Waals surface area contributed by atoms with Crippen LogP contribution in [0.25, 0.3) is 0 Å². The normalized spacial score (nSPS) is 17.5. The summed E-state index contributed by atoms with van der Waals surface area (Å²) in [6.45, 7) is 1.98. The van der Waals surface area contributed by atoms with E-state index in [4.69, 9.17) is 14.2 Å². The van der Waals surface area contributed by atoms with Crippen LogP contribution in [-0.2, 0) is 9.53 Å². The van der Waals surface area contributed by atoms with Gasteiger partial charge in [-0.3, -0.25) is 30.6 Å². The summed E-state index contributed by atoms with van der Waals surface area (Å²) < 4.78 is 16.3. The highest BCUT2D eigenvalue weighted by Crippen LogP contribution is 2.31. The van der Waals surface area contributed by atoms with Crippen LogP contribution in [0.2, 0.25) is 0 Å². The van der Waals surface area contributed by atoms with Crippen molar-refractivity contribution < 1.29 is 28.7 Å². The molecule has 1 fully saturated rings. The molecule has 2 aliphatic rings. The van der Waals surface area contributed by atoms with Gasteiger partial charge in [-0.25, -0.2) is 0 Å². The summed E-state index contributed by atoms with van der Waals surface area (Å²) in [6.07, 6.45) is -0.951. The lowest BCUT2D eigenvalue weighted by Crippen LogP contribution is -2.50. The molecule has 0 saturated carbocycles. The molecule has 11 nitrogen and oxygen atoms in total. The van der Waals surface area contributed by atoms with E-state index in [2.05, 4.69) is 10.9 Å². The summed E-state index contributed by atoms with van der Waals surface area (Å²) in [5, 5.41) is 11.5. The van der Waals surface area contributed by atoms with Crippen LogP contribution in [0, 0.1) is 10.1 Å². The second kappa shape index (κ2) is 8.88. The van der Waals surface area contributed by atoms with Crippen molar-refractivity contribution in [1.82, 2.24) is 10.9 Å². The molecule has 2 aromatic carbocycles. The molecule has 2 heterocycles. The maximum absolute atomic E-state index is 12.4. The fourth-order valence-corrected chi connectivity index (χ4v) is 3.30. The Morgan fingerprint density at radius 1 is 1.06 bits per heavy atom. The zero-order valence-corrected chi connectivity index (χ0v) is 16.4. The molecular weight excluding hydrogens is 408 g/mol. The molecule has 2 aromatic rings. The number of rotatable bonds is 4. The van der Waals surface area contributed by atoms with Crippen molar-refractivity contribution in [3.05, 3.63) is 58.1 Å². The van der Waals surface area contributed by atoms with Crippen LogP contribution in [0.5, 0.6) is 11.5 Å². The van der Waals surface area contributed by atoms with E-state index in [1.165, 1.54) is 18.2 Å². The minimum atomic E-state index is -0.951. The number of nitrogens with zero attached hydrogens (tertiary/aromatic N) is 2. The predicted molar refractivity (Wildman–Crippen MR) is 108 cm³/mol. The second-order valence-electron chi connectivity index (χ2n) is 6.87. The monoisotopic (exact) mass is 428 g/mol. The average Bonchev–Trinajstić information content (AvgIpc) is 2.82. The molecule has 2 N–H and O–H groups in total. The topological polar surface area (TPSA) is 132 Å². The Bertz CT molecular complexity index is 1010.